The van der Waals surface area contributed by atoms with E-state index in [4.69, 9.17) is 4.74 Å². The van der Waals surface area contributed by atoms with E-state index in [1.54, 1.807) is 11.8 Å². The van der Waals surface area contributed by atoms with E-state index < -0.39 is 6.04 Å². The lowest BCUT2D eigenvalue weighted by molar-refractivity contribution is -0.142. The van der Waals surface area contributed by atoms with Crippen molar-refractivity contribution in [1.82, 2.24) is 10.2 Å². The van der Waals surface area contributed by atoms with Gasteiger partial charge in [0.1, 0.15) is 11.8 Å². The molecule has 0 bridgehead atoms. The normalized spacial score (nSPS) is 15.2. The van der Waals surface area contributed by atoms with E-state index in [0.29, 0.717) is 12.3 Å². The fourth-order valence-electron chi connectivity index (χ4n) is 3.88. The Morgan fingerprint density at radius 1 is 1.10 bits per heavy atom. The number of benzene rings is 2. The lowest BCUT2D eigenvalue weighted by atomic mass is 9.95. The molecule has 1 fully saturated rings. The van der Waals surface area contributed by atoms with Crippen LogP contribution in [0.25, 0.3) is 0 Å². The Morgan fingerprint density at radius 2 is 1.77 bits per heavy atom. The predicted molar refractivity (Wildman–Crippen MR) is 126 cm³/mol. The third-order valence-corrected chi connectivity index (χ3v) is 6.43. The molecule has 0 aliphatic heterocycles. The molecule has 2 aromatic rings. The SMILES string of the molecule is Cc1ccccc1CN(C(=O)COc1ccc(Br)cc1)[C@H](C)C(=O)NC1CCCCC1. The van der Waals surface area contributed by atoms with Gasteiger partial charge in [0.15, 0.2) is 6.61 Å². The number of nitrogens with one attached hydrogen (secondary N) is 1. The Hall–Kier alpha value is -2.34. The molecule has 1 N–H and O–H groups in total. The van der Waals surface area contributed by atoms with Gasteiger partial charge in [-0.1, -0.05) is 59.5 Å². The Morgan fingerprint density at radius 3 is 2.45 bits per heavy atom. The molecule has 0 radical (unpaired) electrons. The van der Waals surface area contributed by atoms with Crippen LogP contribution < -0.4 is 10.1 Å². The second-order valence-electron chi connectivity index (χ2n) is 8.21. The van der Waals surface area contributed by atoms with Gasteiger partial charge in [0, 0.05) is 17.1 Å². The number of nitrogens with zero attached hydrogens (tertiary/aromatic N) is 1. The van der Waals surface area contributed by atoms with Crippen molar-refractivity contribution in [2.45, 2.75) is 64.6 Å². The molecule has 1 atom stereocenters. The first-order chi connectivity index (χ1) is 14.9. The van der Waals surface area contributed by atoms with Crippen molar-refractivity contribution in [2.24, 2.45) is 0 Å². The molecule has 166 valence electrons. The number of hydrogen-bond acceptors (Lipinski definition) is 3. The molecule has 2 aromatic carbocycles. The summed E-state index contributed by atoms with van der Waals surface area (Å²) >= 11 is 3.39. The first-order valence-electron chi connectivity index (χ1n) is 11.0. The maximum absolute atomic E-state index is 13.1. The van der Waals surface area contributed by atoms with Crippen LogP contribution in [0.15, 0.2) is 53.0 Å². The fourth-order valence-corrected chi connectivity index (χ4v) is 4.15. The topological polar surface area (TPSA) is 58.6 Å². The maximum atomic E-state index is 13.1. The average Bonchev–Trinajstić information content (AvgIpc) is 2.78. The van der Waals surface area contributed by atoms with E-state index in [1.165, 1.54) is 6.42 Å². The van der Waals surface area contributed by atoms with Crippen molar-refractivity contribution >= 4 is 27.7 Å². The van der Waals surface area contributed by atoms with Gasteiger partial charge in [0.05, 0.1) is 0 Å². The summed E-state index contributed by atoms with van der Waals surface area (Å²) < 4.78 is 6.65. The number of amides is 2. The van der Waals surface area contributed by atoms with Crippen molar-refractivity contribution < 1.29 is 14.3 Å². The van der Waals surface area contributed by atoms with Crippen molar-refractivity contribution in [3.63, 3.8) is 0 Å². The second-order valence-corrected chi connectivity index (χ2v) is 9.13. The van der Waals surface area contributed by atoms with E-state index in [-0.39, 0.29) is 24.5 Å². The van der Waals surface area contributed by atoms with Crippen LogP contribution in [0.5, 0.6) is 5.75 Å². The highest BCUT2D eigenvalue weighted by atomic mass is 79.9. The number of carbonyl (C=O) groups is 2. The number of carbonyl (C=O) groups excluding carboxylic acids is 2. The molecule has 0 unspecified atom stereocenters. The standard InChI is InChI=1S/C25H31BrN2O3/c1-18-8-6-7-9-20(18)16-28(19(2)25(30)27-22-10-4-3-5-11-22)24(29)17-31-23-14-12-21(26)13-15-23/h6-9,12-15,19,22H,3-5,10-11,16-17H2,1-2H3,(H,27,30)/t19-/m1/s1. The van der Waals surface area contributed by atoms with Gasteiger partial charge in [-0.3, -0.25) is 9.59 Å². The molecule has 1 aliphatic carbocycles. The lowest BCUT2D eigenvalue weighted by Crippen LogP contribution is -2.51. The first kappa shape index (κ1) is 23.3. The van der Waals surface area contributed by atoms with E-state index in [9.17, 15) is 9.59 Å². The predicted octanol–water partition coefficient (Wildman–Crippen LogP) is 5.00. The van der Waals surface area contributed by atoms with Gasteiger partial charge in [-0.2, -0.15) is 0 Å². The van der Waals surface area contributed by atoms with Gasteiger partial charge in [-0.25, -0.2) is 0 Å². The molecule has 0 heterocycles. The highest BCUT2D eigenvalue weighted by molar-refractivity contribution is 9.10. The minimum absolute atomic E-state index is 0.0996. The van der Waals surface area contributed by atoms with E-state index in [0.717, 1.165) is 41.3 Å². The molecule has 0 saturated heterocycles. The summed E-state index contributed by atoms with van der Waals surface area (Å²) in [5, 5.41) is 3.16. The van der Waals surface area contributed by atoms with Crippen LogP contribution in [0, 0.1) is 6.92 Å². The smallest absolute Gasteiger partial charge is 0.261 e. The minimum Gasteiger partial charge on any atom is -0.484 e. The van der Waals surface area contributed by atoms with Crippen molar-refractivity contribution in [1.29, 1.82) is 0 Å². The van der Waals surface area contributed by atoms with Gasteiger partial charge in [-0.15, -0.1) is 0 Å². The third-order valence-electron chi connectivity index (χ3n) is 5.90. The monoisotopic (exact) mass is 486 g/mol. The molecular formula is C25H31BrN2O3. The van der Waals surface area contributed by atoms with Crippen LogP contribution in [0.1, 0.15) is 50.2 Å². The van der Waals surface area contributed by atoms with E-state index in [2.05, 4.69) is 21.2 Å². The molecule has 0 aromatic heterocycles. The van der Waals surface area contributed by atoms with Crippen LogP contribution in [0.2, 0.25) is 0 Å². The quantitative estimate of drug-likeness (QED) is 0.570. The van der Waals surface area contributed by atoms with E-state index >= 15 is 0 Å². The molecule has 0 spiro atoms. The number of hydrogen-bond donors (Lipinski definition) is 1. The van der Waals surface area contributed by atoms with E-state index in [1.807, 2.05) is 55.5 Å². The number of rotatable bonds is 8. The second kappa shape index (κ2) is 11.3. The van der Waals surface area contributed by atoms with Crippen molar-refractivity contribution in [2.75, 3.05) is 6.61 Å². The van der Waals surface area contributed by atoms with Crippen LogP contribution in [-0.4, -0.2) is 35.4 Å². The summed E-state index contributed by atoms with van der Waals surface area (Å²) in [4.78, 5) is 27.8. The Kier molecular flexibility index (Phi) is 8.52. The average molecular weight is 487 g/mol. The third kappa shape index (κ3) is 6.82. The summed E-state index contributed by atoms with van der Waals surface area (Å²) in [6, 6.07) is 14.9. The zero-order valence-electron chi connectivity index (χ0n) is 18.3. The van der Waals surface area contributed by atoms with Gasteiger partial charge in [0.2, 0.25) is 5.91 Å². The van der Waals surface area contributed by atoms with Gasteiger partial charge in [-0.05, 0) is 62.1 Å². The summed E-state index contributed by atoms with van der Waals surface area (Å²) in [7, 11) is 0. The molecule has 2 amide bonds. The Labute approximate surface area is 193 Å². The summed E-state index contributed by atoms with van der Waals surface area (Å²) in [5.74, 6) is 0.307. The Bertz CT molecular complexity index is 879. The fraction of sp³-hybridized carbons (Fsp3) is 0.440. The van der Waals surface area contributed by atoms with Crippen LogP contribution in [0.3, 0.4) is 0 Å². The van der Waals surface area contributed by atoms with Crippen molar-refractivity contribution in [3.05, 3.63) is 64.1 Å². The van der Waals surface area contributed by atoms with Gasteiger partial charge < -0.3 is 15.0 Å². The molecule has 1 saturated carbocycles. The lowest BCUT2D eigenvalue weighted by Gasteiger charge is -2.31. The molecular weight excluding hydrogens is 456 g/mol. The van der Waals surface area contributed by atoms with Crippen LogP contribution in [-0.2, 0) is 16.1 Å². The number of aryl methyl sites for hydroxylation is 1. The zero-order valence-corrected chi connectivity index (χ0v) is 19.9. The Balaban J connectivity index is 1.71. The van der Waals surface area contributed by atoms with Gasteiger partial charge in [0.25, 0.3) is 5.91 Å². The first-order valence-corrected chi connectivity index (χ1v) is 11.8. The highest BCUT2D eigenvalue weighted by Gasteiger charge is 2.28. The molecule has 1 aliphatic rings. The molecule has 31 heavy (non-hydrogen) atoms. The number of halogens is 1. The summed E-state index contributed by atoms with van der Waals surface area (Å²) in [5.41, 5.74) is 2.12. The number of ether oxygens (including phenoxy) is 1. The molecule has 6 heteroatoms. The molecule has 5 nitrogen and oxygen atoms in total. The zero-order chi connectivity index (χ0) is 22.2. The summed E-state index contributed by atoms with van der Waals surface area (Å²) in [6.45, 7) is 4.07. The maximum Gasteiger partial charge on any atom is 0.261 e. The summed E-state index contributed by atoms with van der Waals surface area (Å²) in [6.07, 6.45) is 5.54. The van der Waals surface area contributed by atoms with Crippen molar-refractivity contribution in [3.8, 4) is 5.75 Å². The largest absolute Gasteiger partial charge is 0.484 e. The van der Waals surface area contributed by atoms with Crippen LogP contribution >= 0.6 is 15.9 Å². The molecule has 3 rings (SSSR count). The van der Waals surface area contributed by atoms with Crippen LogP contribution in [0.4, 0.5) is 0 Å². The minimum atomic E-state index is -0.581. The highest BCUT2D eigenvalue weighted by Crippen LogP contribution is 2.20. The van der Waals surface area contributed by atoms with Gasteiger partial charge >= 0.3 is 0 Å².